The van der Waals surface area contributed by atoms with E-state index in [0.717, 1.165) is 44.9 Å². The number of amides is 1. The third-order valence-corrected chi connectivity index (χ3v) is 7.45. The number of hydrogen-bond acceptors (Lipinski definition) is 4. The molecule has 0 atom stereocenters. The number of carboxylic acid groups (broad SMARTS) is 1. The minimum atomic E-state index is -0.960. The van der Waals surface area contributed by atoms with Crippen LogP contribution in [0.5, 0.6) is 0 Å². The van der Waals surface area contributed by atoms with Crippen molar-refractivity contribution < 1.29 is 14.7 Å². The van der Waals surface area contributed by atoms with Gasteiger partial charge in [0.25, 0.3) is 5.91 Å². The number of carboxylic acids is 1. The van der Waals surface area contributed by atoms with Gasteiger partial charge in [-0.2, -0.15) is 5.10 Å². The van der Waals surface area contributed by atoms with Crippen LogP contribution in [0, 0.1) is 0 Å². The summed E-state index contributed by atoms with van der Waals surface area (Å²) in [5.41, 5.74) is 8.24. The number of nitrogens with one attached hydrogen (secondary N) is 1. The first-order valence-electron chi connectivity index (χ1n) is 13.7. The monoisotopic (exact) mass is 612 g/mol. The number of rotatable bonds is 10. The summed E-state index contributed by atoms with van der Waals surface area (Å²) in [6.45, 7) is 0.529. The highest BCUT2D eigenvalue weighted by Crippen LogP contribution is 2.32. The van der Waals surface area contributed by atoms with Crippen molar-refractivity contribution in [2.45, 2.75) is 13.0 Å². The highest BCUT2D eigenvalue weighted by molar-refractivity contribution is 6.35. The molecular weight excluding hydrogens is 583 g/mol. The van der Waals surface area contributed by atoms with E-state index in [0.29, 0.717) is 22.2 Å². The van der Waals surface area contributed by atoms with Gasteiger partial charge in [-0.15, -0.1) is 0 Å². The lowest BCUT2D eigenvalue weighted by atomic mass is 10.0. The van der Waals surface area contributed by atoms with Crippen LogP contribution in [0.3, 0.4) is 0 Å². The largest absolute Gasteiger partial charge is 0.481 e. The van der Waals surface area contributed by atoms with Crippen molar-refractivity contribution in [3.63, 3.8) is 0 Å². The van der Waals surface area contributed by atoms with E-state index in [1.807, 2.05) is 49.1 Å². The number of aromatic nitrogens is 2. The molecule has 0 aliphatic rings. The maximum absolute atomic E-state index is 12.4. The van der Waals surface area contributed by atoms with Crippen LogP contribution in [0.1, 0.15) is 22.3 Å². The Balaban J connectivity index is 1.43. The van der Waals surface area contributed by atoms with E-state index >= 15 is 0 Å². The van der Waals surface area contributed by atoms with E-state index in [-0.39, 0.29) is 18.9 Å². The smallest absolute Gasteiger partial charge is 0.305 e. The van der Waals surface area contributed by atoms with Crippen LogP contribution >= 0.6 is 23.2 Å². The van der Waals surface area contributed by atoms with Crippen LogP contribution in [0.4, 0.5) is 5.69 Å². The first kappa shape index (κ1) is 29.9. The van der Waals surface area contributed by atoms with Gasteiger partial charge in [0.2, 0.25) is 0 Å². The van der Waals surface area contributed by atoms with Crippen LogP contribution in [0.2, 0.25) is 10.0 Å². The predicted molar refractivity (Wildman–Crippen MR) is 173 cm³/mol. The van der Waals surface area contributed by atoms with Gasteiger partial charge >= 0.3 is 5.97 Å². The fourth-order valence-corrected chi connectivity index (χ4v) is 5.24. The maximum Gasteiger partial charge on any atom is 0.305 e. The molecule has 0 saturated heterocycles. The number of benzene rings is 4. The Labute approximate surface area is 260 Å². The Hall–Kier alpha value is -4.59. The van der Waals surface area contributed by atoms with Crippen LogP contribution < -0.4 is 10.2 Å². The number of carbonyl (C=O) groups is 2. The lowest BCUT2D eigenvalue weighted by Crippen LogP contribution is -2.25. The Bertz CT molecular complexity index is 1730. The van der Waals surface area contributed by atoms with Crippen molar-refractivity contribution >= 4 is 40.8 Å². The molecule has 4 aromatic carbocycles. The minimum Gasteiger partial charge on any atom is -0.481 e. The maximum atomic E-state index is 12.4. The lowest BCUT2D eigenvalue weighted by molar-refractivity contribution is -0.136. The summed E-state index contributed by atoms with van der Waals surface area (Å²) in [6.07, 6.45) is -0.129. The number of halogens is 2. The Morgan fingerprint density at radius 2 is 1.37 bits per heavy atom. The molecule has 1 heterocycles. The summed E-state index contributed by atoms with van der Waals surface area (Å²) in [4.78, 5) is 25.2. The zero-order chi connectivity index (χ0) is 30.5. The molecule has 0 saturated carbocycles. The summed E-state index contributed by atoms with van der Waals surface area (Å²) < 4.78 is 1.92. The van der Waals surface area contributed by atoms with E-state index in [4.69, 9.17) is 33.4 Å². The Kier molecular flexibility index (Phi) is 9.14. The van der Waals surface area contributed by atoms with Crippen LogP contribution in [0.25, 0.3) is 33.6 Å². The summed E-state index contributed by atoms with van der Waals surface area (Å²) in [5, 5.41) is 17.4. The second-order valence-corrected chi connectivity index (χ2v) is 11.2. The second kappa shape index (κ2) is 13.2. The number of anilines is 1. The topological polar surface area (TPSA) is 87.5 Å². The number of nitrogens with zero attached hydrogens (tertiary/aromatic N) is 3. The zero-order valence-electron chi connectivity index (χ0n) is 23.7. The molecule has 7 nitrogen and oxygen atoms in total. The fourth-order valence-electron chi connectivity index (χ4n) is 4.72. The lowest BCUT2D eigenvalue weighted by Gasteiger charge is -2.13. The summed E-state index contributed by atoms with van der Waals surface area (Å²) >= 11 is 12.6. The molecule has 0 unspecified atom stereocenters. The molecule has 0 aliphatic carbocycles. The molecule has 5 rings (SSSR count). The molecular formula is C34H30Cl2N4O3. The number of aliphatic carboxylic acids is 1. The van der Waals surface area contributed by atoms with Crippen LogP contribution in [-0.4, -0.2) is 47.4 Å². The van der Waals surface area contributed by atoms with Gasteiger partial charge in [-0.05, 0) is 70.8 Å². The molecule has 0 aliphatic heterocycles. The van der Waals surface area contributed by atoms with E-state index in [9.17, 15) is 9.59 Å². The van der Waals surface area contributed by atoms with E-state index < -0.39 is 5.97 Å². The number of hydrogen-bond donors (Lipinski definition) is 2. The summed E-state index contributed by atoms with van der Waals surface area (Å²) in [6, 6.07) is 31.4. The predicted octanol–water partition coefficient (Wildman–Crippen LogP) is 7.51. The molecule has 43 heavy (non-hydrogen) atoms. The fraction of sp³-hybridized carbons (Fsp3) is 0.147. The van der Waals surface area contributed by atoms with Crippen molar-refractivity contribution in [3.8, 4) is 33.6 Å². The van der Waals surface area contributed by atoms with Crippen LogP contribution in [0.15, 0.2) is 97.1 Å². The van der Waals surface area contributed by atoms with Crippen molar-refractivity contribution in [1.29, 1.82) is 0 Å². The van der Waals surface area contributed by atoms with Gasteiger partial charge < -0.3 is 15.3 Å². The number of carbonyl (C=O) groups excluding carboxylic acids is 1. The third kappa shape index (κ3) is 7.44. The van der Waals surface area contributed by atoms with Gasteiger partial charge in [0.15, 0.2) is 0 Å². The van der Waals surface area contributed by atoms with Gasteiger partial charge in [-0.25, -0.2) is 0 Å². The quantitative estimate of drug-likeness (QED) is 0.170. The molecule has 0 radical (unpaired) electrons. The molecule has 5 aromatic rings. The van der Waals surface area contributed by atoms with Gasteiger partial charge in [-0.3, -0.25) is 14.3 Å². The van der Waals surface area contributed by atoms with Crippen LogP contribution in [-0.2, 0) is 11.3 Å². The average molecular weight is 614 g/mol. The Morgan fingerprint density at radius 1 is 0.791 bits per heavy atom. The van der Waals surface area contributed by atoms with Crippen molar-refractivity contribution in [1.82, 2.24) is 15.1 Å². The molecule has 0 spiro atoms. The molecule has 2 N–H and O–H groups in total. The normalized spacial score (nSPS) is 10.9. The average Bonchev–Trinajstić information content (AvgIpc) is 3.40. The minimum absolute atomic E-state index is 0.0725. The van der Waals surface area contributed by atoms with Gasteiger partial charge in [0, 0.05) is 47.5 Å². The van der Waals surface area contributed by atoms with E-state index in [1.54, 1.807) is 18.2 Å². The molecule has 1 amide bonds. The first-order valence-corrected chi connectivity index (χ1v) is 14.4. The van der Waals surface area contributed by atoms with Crippen molar-refractivity contribution in [2.75, 3.05) is 25.5 Å². The SMILES string of the molecule is CN(C)c1ccc(-c2ccc(-c3cc(-c4cc(Cl)cc(Cl)c4)nn3Cc3ccc(C(=O)NCCC(=O)O)cc3)cc2)cc1. The van der Waals surface area contributed by atoms with Gasteiger partial charge in [0.05, 0.1) is 24.4 Å². The van der Waals surface area contributed by atoms with E-state index in [2.05, 4.69) is 58.7 Å². The van der Waals surface area contributed by atoms with E-state index in [1.165, 1.54) is 0 Å². The van der Waals surface area contributed by atoms with Gasteiger partial charge in [0.1, 0.15) is 0 Å². The Morgan fingerprint density at radius 3 is 1.95 bits per heavy atom. The molecule has 0 bridgehead atoms. The summed E-state index contributed by atoms with van der Waals surface area (Å²) in [5.74, 6) is -1.28. The first-order chi connectivity index (χ1) is 20.7. The molecule has 218 valence electrons. The van der Waals surface area contributed by atoms with Gasteiger partial charge in [-0.1, -0.05) is 71.7 Å². The van der Waals surface area contributed by atoms with Crippen molar-refractivity contribution in [2.24, 2.45) is 0 Å². The highest BCUT2D eigenvalue weighted by Gasteiger charge is 2.15. The highest BCUT2D eigenvalue weighted by atomic mass is 35.5. The molecule has 0 fully saturated rings. The van der Waals surface area contributed by atoms with Crippen molar-refractivity contribution in [3.05, 3.63) is 118 Å². The standard InChI is InChI=1S/C34H30Cl2N4O3/c1-39(2)30-13-11-24(12-14-30)23-7-9-25(10-8-23)32-20-31(27-17-28(35)19-29(36)18-27)38-40(32)21-22-3-5-26(6-4-22)34(43)37-16-15-33(41)42/h3-14,17-20H,15-16,21H2,1-2H3,(H,37,43)(H,41,42). The zero-order valence-corrected chi connectivity index (χ0v) is 25.2. The molecule has 9 heteroatoms. The second-order valence-electron chi connectivity index (χ2n) is 10.3. The third-order valence-electron chi connectivity index (χ3n) is 7.01. The molecule has 1 aromatic heterocycles. The summed E-state index contributed by atoms with van der Waals surface area (Å²) in [7, 11) is 4.05.